The van der Waals surface area contributed by atoms with Crippen LogP contribution in [0.4, 0.5) is 15.9 Å². The minimum absolute atomic E-state index is 0.000202. The van der Waals surface area contributed by atoms with E-state index in [-0.39, 0.29) is 29.2 Å². The second kappa shape index (κ2) is 9.16. The number of fused-ring (bicyclic) bond motifs is 2. The highest BCUT2D eigenvalue weighted by Gasteiger charge is 2.23. The monoisotopic (exact) mass is 486 g/mol. The lowest BCUT2D eigenvalue weighted by Gasteiger charge is -2.25. The number of ether oxygens (including phenoxy) is 1. The maximum Gasteiger partial charge on any atom is 0.239 e. The van der Waals surface area contributed by atoms with Gasteiger partial charge in [-0.25, -0.2) is 9.37 Å². The summed E-state index contributed by atoms with van der Waals surface area (Å²) in [7, 11) is 0. The molecule has 10 nitrogen and oxygen atoms in total. The van der Waals surface area contributed by atoms with Crippen LogP contribution in [0.25, 0.3) is 27.8 Å². The number of morpholine rings is 1. The number of aromatic amines is 1. The molecule has 3 N–H and O–H groups in total. The molecule has 0 saturated carbocycles. The highest BCUT2D eigenvalue weighted by molar-refractivity contribution is 6.35. The van der Waals surface area contributed by atoms with Crippen molar-refractivity contribution in [3.8, 4) is 11.3 Å². The first-order valence-corrected chi connectivity index (χ1v) is 11.3. The van der Waals surface area contributed by atoms with Gasteiger partial charge in [0.05, 0.1) is 60.3 Å². The second-order valence-electron chi connectivity index (χ2n) is 8.44. The molecule has 0 radical (unpaired) electrons. The van der Waals surface area contributed by atoms with E-state index in [9.17, 15) is 4.79 Å². The molecule has 0 bridgehead atoms. The van der Waals surface area contributed by atoms with Crippen molar-refractivity contribution in [2.75, 3.05) is 43.5 Å². The molecule has 0 aliphatic carbocycles. The quantitative estimate of drug-likeness (QED) is 0.383. The second-order valence-corrected chi connectivity index (χ2v) is 8.81. The smallest absolute Gasteiger partial charge is 0.239 e. The van der Waals surface area contributed by atoms with E-state index in [0.717, 1.165) is 13.1 Å². The van der Waals surface area contributed by atoms with Crippen LogP contribution in [-0.4, -0.2) is 74.3 Å². The summed E-state index contributed by atoms with van der Waals surface area (Å²) in [4.78, 5) is 23.3. The normalized spacial score (nSPS) is 14.9. The number of rotatable bonds is 6. The van der Waals surface area contributed by atoms with Crippen LogP contribution in [0.15, 0.2) is 24.8 Å². The molecular formula is C22H24ClFN8O2. The molecule has 34 heavy (non-hydrogen) atoms. The molecule has 1 aromatic carbocycles. The number of amides is 1. The Kier molecular flexibility index (Phi) is 6.07. The Balaban J connectivity index is 1.45. The van der Waals surface area contributed by atoms with Crippen LogP contribution in [0.5, 0.6) is 0 Å². The first kappa shape index (κ1) is 22.5. The fourth-order valence-corrected chi connectivity index (χ4v) is 4.31. The summed E-state index contributed by atoms with van der Waals surface area (Å²) < 4.78 is 22.2. The topological polar surface area (TPSA) is 112 Å². The van der Waals surface area contributed by atoms with Gasteiger partial charge in [-0.05, 0) is 13.8 Å². The summed E-state index contributed by atoms with van der Waals surface area (Å²) in [5, 5.41) is 13.4. The van der Waals surface area contributed by atoms with Crippen molar-refractivity contribution >= 4 is 45.6 Å². The summed E-state index contributed by atoms with van der Waals surface area (Å²) in [5.41, 5.74) is 2.18. The minimum atomic E-state index is -0.578. The van der Waals surface area contributed by atoms with Crippen molar-refractivity contribution in [2.45, 2.75) is 19.9 Å². The van der Waals surface area contributed by atoms with Gasteiger partial charge in [-0.15, -0.1) is 0 Å². The number of anilines is 2. The average molecular weight is 487 g/mol. The maximum atomic E-state index is 15.2. The van der Waals surface area contributed by atoms with Crippen LogP contribution >= 0.6 is 11.6 Å². The molecule has 0 unspecified atom stereocenters. The van der Waals surface area contributed by atoms with Gasteiger partial charge in [-0.2, -0.15) is 5.10 Å². The highest BCUT2D eigenvalue weighted by atomic mass is 35.5. The molecule has 1 fully saturated rings. The molecule has 1 amide bonds. The number of nitrogens with one attached hydrogen (secondary N) is 3. The van der Waals surface area contributed by atoms with Crippen LogP contribution in [0.1, 0.15) is 13.8 Å². The van der Waals surface area contributed by atoms with E-state index in [0.29, 0.717) is 46.8 Å². The molecule has 178 valence electrons. The zero-order chi connectivity index (χ0) is 23.8. The van der Waals surface area contributed by atoms with E-state index >= 15 is 4.39 Å². The van der Waals surface area contributed by atoms with Crippen LogP contribution in [-0.2, 0) is 9.53 Å². The van der Waals surface area contributed by atoms with Gasteiger partial charge in [-0.3, -0.25) is 19.8 Å². The lowest BCUT2D eigenvalue weighted by molar-refractivity contribution is -0.118. The van der Waals surface area contributed by atoms with E-state index in [2.05, 4.69) is 30.8 Å². The summed E-state index contributed by atoms with van der Waals surface area (Å²) in [5.74, 6) is -0.331. The summed E-state index contributed by atoms with van der Waals surface area (Å²) >= 11 is 6.48. The number of halogens is 2. The van der Waals surface area contributed by atoms with Gasteiger partial charge in [0, 0.05) is 36.3 Å². The predicted octanol–water partition coefficient (Wildman–Crippen LogP) is 3.16. The zero-order valence-corrected chi connectivity index (χ0v) is 19.5. The van der Waals surface area contributed by atoms with Gasteiger partial charge in [-0.1, -0.05) is 11.6 Å². The Morgan fingerprint density at radius 2 is 2.09 bits per heavy atom. The van der Waals surface area contributed by atoms with Gasteiger partial charge >= 0.3 is 0 Å². The number of aromatic nitrogens is 5. The van der Waals surface area contributed by atoms with Gasteiger partial charge in [0.25, 0.3) is 0 Å². The first-order chi connectivity index (χ1) is 16.4. The molecule has 0 spiro atoms. The third-order valence-corrected chi connectivity index (χ3v) is 5.91. The fraction of sp³-hybridized carbons (Fsp3) is 0.364. The minimum Gasteiger partial charge on any atom is -0.379 e. The van der Waals surface area contributed by atoms with Crippen molar-refractivity contribution < 1.29 is 13.9 Å². The van der Waals surface area contributed by atoms with Gasteiger partial charge < -0.3 is 19.8 Å². The summed E-state index contributed by atoms with van der Waals surface area (Å²) in [6, 6.07) is 0.000202. The van der Waals surface area contributed by atoms with Crippen molar-refractivity contribution in [3.63, 3.8) is 0 Å². The van der Waals surface area contributed by atoms with Crippen LogP contribution in [0.2, 0.25) is 5.02 Å². The third kappa shape index (κ3) is 4.29. The number of imidazole rings is 1. The van der Waals surface area contributed by atoms with E-state index in [1.54, 1.807) is 29.2 Å². The van der Waals surface area contributed by atoms with Crippen molar-refractivity contribution in [2.24, 2.45) is 0 Å². The number of carbonyl (C=O) groups excluding carboxylic acids is 1. The van der Waals surface area contributed by atoms with Crippen molar-refractivity contribution in [3.05, 3.63) is 35.6 Å². The Morgan fingerprint density at radius 3 is 2.85 bits per heavy atom. The lowest BCUT2D eigenvalue weighted by Crippen LogP contribution is -2.41. The molecule has 1 saturated heterocycles. The average Bonchev–Trinajstić information content (AvgIpc) is 3.43. The molecule has 1 aliphatic rings. The molecule has 1 aliphatic heterocycles. The van der Waals surface area contributed by atoms with E-state index in [4.69, 9.17) is 16.3 Å². The van der Waals surface area contributed by atoms with E-state index in [1.165, 1.54) is 0 Å². The zero-order valence-electron chi connectivity index (χ0n) is 18.7. The molecule has 0 atom stereocenters. The molecule has 12 heteroatoms. The number of H-pyrrole nitrogens is 1. The van der Waals surface area contributed by atoms with Crippen LogP contribution < -0.4 is 10.6 Å². The summed E-state index contributed by atoms with van der Waals surface area (Å²) in [6.07, 6.45) is 6.53. The van der Waals surface area contributed by atoms with Crippen LogP contribution in [0.3, 0.4) is 0 Å². The molecular weight excluding hydrogens is 463 g/mol. The molecule has 4 aromatic rings. The maximum absolute atomic E-state index is 15.2. The summed E-state index contributed by atoms with van der Waals surface area (Å²) in [6.45, 7) is 6.78. The number of nitrogens with zero attached hydrogens (tertiary/aromatic N) is 5. The van der Waals surface area contributed by atoms with Gasteiger partial charge in [0.1, 0.15) is 0 Å². The standard InChI is InChI=1S/C22H24ClFN8O2/c1-12(2)27-22-20(24)19(23)18(13-7-26-30-21(13)22)14-9-32-10-15(28-16(32)8-25-14)29-17(33)11-31-3-5-34-6-4-31/h7-10,12,27H,3-6,11H2,1-2H3,(H,26,30)(H,29,33). The third-order valence-electron chi connectivity index (χ3n) is 5.56. The Labute approximate surface area is 199 Å². The number of hydrogen-bond donors (Lipinski definition) is 3. The van der Waals surface area contributed by atoms with Gasteiger partial charge in [0.15, 0.2) is 17.3 Å². The van der Waals surface area contributed by atoms with E-state index in [1.807, 2.05) is 18.7 Å². The van der Waals surface area contributed by atoms with Crippen molar-refractivity contribution in [1.82, 2.24) is 29.5 Å². The molecule has 5 rings (SSSR count). The predicted molar refractivity (Wildman–Crippen MR) is 128 cm³/mol. The number of carbonyl (C=O) groups is 1. The largest absolute Gasteiger partial charge is 0.379 e. The molecule has 3 aromatic heterocycles. The Bertz CT molecular complexity index is 1360. The SMILES string of the molecule is CC(C)Nc1c(F)c(Cl)c(-c2cn3cc(NC(=O)CN4CCOCC4)nc3cn2)c2cn[nH]c12. The Morgan fingerprint density at radius 1 is 1.29 bits per heavy atom. The first-order valence-electron chi connectivity index (χ1n) is 11.0. The highest BCUT2D eigenvalue weighted by Crippen LogP contribution is 2.40. The van der Waals surface area contributed by atoms with Crippen LogP contribution in [0, 0.1) is 5.82 Å². The van der Waals surface area contributed by atoms with Gasteiger partial charge in [0.2, 0.25) is 5.91 Å². The number of benzene rings is 1. The van der Waals surface area contributed by atoms with E-state index < -0.39 is 5.82 Å². The fourth-order valence-electron chi connectivity index (χ4n) is 4.02. The lowest BCUT2D eigenvalue weighted by atomic mass is 10.1. The number of hydrogen-bond acceptors (Lipinski definition) is 7. The Hall–Kier alpha value is -3.28. The van der Waals surface area contributed by atoms with Crippen molar-refractivity contribution in [1.29, 1.82) is 0 Å². The molecule has 4 heterocycles.